The molecule has 1 atom stereocenters. The normalized spacial score (nSPS) is 14.4. The topological polar surface area (TPSA) is 102 Å². The number of nitrogens with zero attached hydrogens (tertiary/aromatic N) is 2. The van der Waals surface area contributed by atoms with Crippen molar-refractivity contribution in [2.45, 2.75) is 26.5 Å². The number of carbonyl (C=O) groups is 1. The number of amides is 1. The molecule has 1 aliphatic heterocycles. The van der Waals surface area contributed by atoms with Gasteiger partial charge < -0.3 is 19.9 Å². The number of phenols is 1. The molecule has 1 aliphatic rings. The van der Waals surface area contributed by atoms with Gasteiger partial charge in [0, 0.05) is 15.7 Å². The predicted octanol–water partition coefficient (Wildman–Crippen LogP) is 7.08. The standard InChI is InChI=1S/C36H29Br2N3O5S/c1-3-45-29-17-23(14-15-28(29)42)32-31(34(43)40-26-12-8-5-9-13-26)21(2)39-36-41(32)35(44)30(47-36)18-24-16-25(37)19-27(38)33(24)46-20-22-10-6-4-7-11-22/h4-19,32,42H,3,20H2,1-2H3,(H,40,43)/b30-18-/t32-/m0/s1. The number of phenolic OH excluding ortho intramolecular Hbond substituents is 1. The van der Waals surface area contributed by atoms with Crippen molar-refractivity contribution in [2.24, 2.45) is 4.99 Å². The van der Waals surface area contributed by atoms with E-state index >= 15 is 0 Å². The fourth-order valence-corrected chi connectivity index (χ4v) is 7.74. The van der Waals surface area contributed by atoms with E-state index < -0.39 is 11.9 Å². The van der Waals surface area contributed by atoms with Crippen molar-refractivity contribution in [1.29, 1.82) is 0 Å². The molecule has 1 amide bonds. The van der Waals surface area contributed by atoms with E-state index in [2.05, 4.69) is 37.2 Å². The van der Waals surface area contributed by atoms with Crippen LogP contribution in [0.1, 0.15) is 36.6 Å². The number of fused-ring (bicyclic) bond motifs is 1. The average Bonchev–Trinajstić information content (AvgIpc) is 3.35. The number of rotatable bonds is 9. The van der Waals surface area contributed by atoms with Crippen molar-refractivity contribution in [3.8, 4) is 17.2 Å². The Morgan fingerprint density at radius 2 is 1.74 bits per heavy atom. The molecule has 0 aliphatic carbocycles. The minimum absolute atomic E-state index is 0.0396. The summed E-state index contributed by atoms with van der Waals surface area (Å²) in [7, 11) is 0. The van der Waals surface area contributed by atoms with Gasteiger partial charge in [-0.3, -0.25) is 14.2 Å². The van der Waals surface area contributed by atoms with Crippen molar-refractivity contribution in [1.82, 2.24) is 4.57 Å². The Balaban J connectivity index is 1.49. The highest BCUT2D eigenvalue weighted by molar-refractivity contribution is 9.11. The summed E-state index contributed by atoms with van der Waals surface area (Å²) >= 11 is 8.42. The predicted molar refractivity (Wildman–Crippen MR) is 191 cm³/mol. The fourth-order valence-electron chi connectivity index (χ4n) is 5.33. The van der Waals surface area contributed by atoms with Crippen LogP contribution in [0.25, 0.3) is 6.08 Å². The van der Waals surface area contributed by atoms with Gasteiger partial charge in [0.25, 0.3) is 11.5 Å². The van der Waals surface area contributed by atoms with Crippen LogP contribution in [-0.2, 0) is 11.4 Å². The van der Waals surface area contributed by atoms with Crippen LogP contribution in [0.5, 0.6) is 17.2 Å². The first kappa shape index (κ1) is 32.5. The highest BCUT2D eigenvalue weighted by Crippen LogP contribution is 2.37. The second-order valence-electron chi connectivity index (χ2n) is 10.6. The number of hydrogen-bond donors (Lipinski definition) is 2. The van der Waals surface area contributed by atoms with Crippen LogP contribution in [0.15, 0.2) is 121 Å². The summed E-state index contributed by atoms with van der Waals surface area (Å²) in [6.07, 6.45) is 1.78. The molecule has 4 aromatic carbocycles. The zero-order valence-electron chi connectivity index (χ0n) is 25.4. The molecule has 1 aromatic heterocycles. The highest BCUT2D eigenvalue weighted by atomic mass is 79.9. The third-order valence-electron chi connectivity index (χ3n) is 7.45. The van der Waals surface area contributed by atoms with E-state index in [4.69, 9.17) is 14.5 Å². The molecular formula is C36H29Br2N3O5S. The molecule has 0 spiro atoms. The number of benzene rings is 4. The Labute approximate surface area is 291 Å². The average molecular weight is 776 g/mol. The number of halogens is 2. The van der Waals surface area contributed by atoms with E-state index in [1.807, 2.05) is 67.6 Å². The Kier molecular flexibility index (Phi) is 9.76. The first-order valence-electron chi connectivity index (χ1n) is 14.7. The van der Waals surface area contributed by atoms with Gasteiger partial charge in [-0.1, -0.05) is 81.9 Å². The van der Waals surface area contributed by atoms with Gasteiger partial charge >= 0.3 is 0 Å². The second kappa shape index (κ2) is 14.1. The molecule has 0 bridgehead atoms. The Morgan fingerprint density at radius 1 is 1.02 bits per heavy atom. The van der Waals surface area contributed by atoms with Crippen LogP contribution in [0.3, 0.4) is 0 Å². The number of aromatic nitrogens is 1. The molecule has 0 saturated carbocycles. The maximum atomic E-state index is 14.4. The van der Waals surface area contributed by atoms with Crippen LogP contribution in [0.2, 0.25) is 0 Å². The van der Waals surface area contributed by atoms with Gasteiger partial charge in [0.15, 0.2) is 16.3 Å². The van der Waals surface area contributed by atoms with Gasteiger partial charge in [-0.2, -0.15) is 0 Å². The lowest BCUT2D eigenvalue weighted by Crippen LogP contribution is -2.40. The van der Waals surface area contributed by atoms with Gasteiger partial charge in [0.2, 0.25) is 0 Å². The lowest BCUT2D eigenvalue weighted by Gasteiger charge is -2.26. The summed E-state index contributed by atoms with van der Waals surface area (Å²) in [4.78, 5) is 33.5. The number of aromatic hydroxyl groups is 1. The summed E-state index contributed by atoms with van der Waals surface area (Å²) < 4.78 is 15.4. The van der Waals surface area contributed by atoms with Crippen LogP contribution in [-0.4, -0.2) is 22.2 Å². The maximum absolute atomic E-state index is 14.4. The largest absolute Gasteiger partial charge is 0.504 e. The monoisotopic (exact) mass is 773 g/mol. The van der Waals surface area contributed by atoms with Gasteiger partial charge in [0.1, 0.15) is 12.4 Å². The van der Waals surface area contributed by atoms with Crippen molar-refractivity contribution in [2.75, 3.05) is 11.9 Å². The number of hydrogen-bond acceptors (Lipinski definition) is 7. The SMILES string of the molecule is CCOc1cc([C@H]2C(C(=O)Nc3ccccc3)=C(C)N=c3s/c(=C\c4cc(Br)cc(Br)c4OCc4ccccc4)c(=O)n32)ccc1O. The summed E-state index contributed by atoms with van der Waals surface area (Å²) in [6.45, 7) is 4.24. The molecule has 2 N–H and O–H groups in total. The van der Waals surface area contributed by atoms with Crippen LogP contribution in [0, 0.1) is 0 Å². The molecule has 0 unspecified atom stereocenters. The molecule has 0 saturated heterocycles. The summed E-state index contributed by atoms with van der Waals surface area (Å²) in [5.74, 6) is 0.403. The van der Waals surface area contributed by atoms with Gasteiger partial charge in [-0.15, -0.1) is 0 Å². The first-order chi connectivity index (χ1) is 22.7. The number of carbonyl (C=O) groups excluding carboxylic acids is 1. The molecule has 0 radical (unpaired) electrons. The number of ether oxygens (including phenoxy) is 2. The highest BCUT2D eigenvalue weighted by Gasteiger charge is 2.33. The van der Waals surface area contributed by atoms with Crippen LogP contribution in [0.4, 0.5) is 5.69 Å². The van der Waals surface area contributed by atoms with Gasteiger partial charge in [0.05, 0.1) is 32.9 Å². The number of anilines is 1. The minimum Gasteiger partial charge on any atom is -0.504 e. The lowest BCUT2D eigenvalue weighted by molar-refractivity contribution is -0.113. The van der Waals surface area contributed by atoms with Crippen LogP contribution < -0.4 is 29.7 Å². The zero-order chi connectivity index (χ0) is 33.1. The summed E-state index contributed by atoms with van der Waals surface area (Å²) in [5.41, 5.74) is 3.33. The maximum Gasteiger partial charge on any atom is 0.271 e. The van der Waals surface area contributed by atoms with E-state index in [0.29, 0.717) is 56.4 Å². The number of nitrogens with one attached hydrogen (secondary N) is 1. The Morgan fingerprint density at radius 3 is 2.47 bits per heavy atom. The molecule has 2 heterocycles. The minimum atomic E-state index is -0.847. The molecular weight excluding hydrogens is 746 g/mol. The smallest absolute Gasteiger partial charge is 0.271 e. The van der Waals surface area contributed by atoms with E-state index in [1.54, 1.807) is 37.3 Å². The third-order valence-corrected chi connectivity index (χ3v) is 9.48. The van der Waals surface area contributed by atoms with Gasteiger partial charge in [-0.25, -0.2) is 4.99 Å². The molecule has 0 fully saturated rings. The van der Waals surface area contributed by atoms with E-state index in [-0.39, 0.29) is 17.1 Å². The lowest BCUT2D eigenvalue weighted by atomic mass is 9.94. The molecule has 6 rings (SSSR count). The van der Waals surface area contributed by atoms with Crippen molar-refractivity contribution < 1.29 is 19.4 Å². The Hall–Kier alpha value is -4.45. The number of thiazole rings is 1. The quantitative estimate of drug-likeness (QED) is 0.167. The fraction of sp³-hybridized carbons (Fsp3) is 0.139. The molecule has 11 heteroatoms. The van der Waals surface area contributed by atoms with E-state index in [1.165, 1.54) is 22.0 Å². The third kappa shape index (κ3) is 6.97. The number of allylic oxidation sites excluding steroid dienone is 1. The number of para-hydroxylation sites is 1. The first-order valence-corrected chi connectivity index (χ1v) is 17.1. The van der Waals surface area contributed by atoms with Gasteiger partial charge in [-0.05, 0) is 83.4 Å². The molecule has 47 heavy (non-hydrogen) atoms. The Bertz CT molecular complexity index is 2180. The van der Waals surface area contributed by atoms with Crippen molar-refractivity contribution in [3.63, 3.8) is 0 Å². The van der Waals surface area contributed by atoms with Crippen molar-refractivity contribution in [3.05, 3.63) is 148 Å². The van der Waals surface area contributed by atoms with E-state index in [9.17, 15) is 14.7 Å². The summed E-state index contributed by atoms with van der Waals surface area (Å²) in [5, 5.41) is 13.4. The summed E-state index contributed by atoms with van der Waals surface area (Å²) in [6, 6.07) is 26.7. The molecule has 8 nitrogen and oxygen atoms in total. The molecule has 5 aromatic rings. The molecule has 238 valence electrons. The van der Waals surface area contributed by atoms with Crippen LogP contribution >= 0.6 is 43.2 Å². The van der Waals surface area contributed by atoms with E-state index in [0.717, 1.165) is 14.5 Å². The van der Waals surface area contributed by atoms with Crippen molar-refractivity contribution >= 4 is 60.9 Å². The zero-order valence-corrected chi connectivity index (χ0v) is 29.4. The second-order valence-corrected chi connectivity index (χ2v) is 13.4.